The molecule has 1 amide bonds. The third-order valence-corrected chi connectivity index (χ3v) is 5.04. The molecule has 0 aromatic heterocycles. The first-order chi connectivity index (χ1) is 11.6. The fourth-order valence-corrected chi connectivity index (χ4v) is 3.63. The van der Waals surface area contributed by atoms with Gasteiger partial charge in [-0.15, -0.1) is 24.0 Å². The van der Waals surface area contributed by atoms with Crippen molar-refractivity contribution in [3.63, 3.8) is 0 Å². The Bertz CT molecular complexity index is 426. The summed E-state index contributed by atoms with van der Waals surface area (Å²) in [7, 11) is 1.81. The molecule has 0 aromatic carbocycles. The van der Waals surface area contributed by atoms with Crippen molar-refractivity contribution in [1.29, 1.82) is 0 Å². The van der Waals surface area contributed by atoms with E-state index in [0.29, 0.717) is 18.4 Å². The van der Waals surface area contributed by atoms with Gasteiger partial charge in [0.05, 0.1) is 0 Å². The molecule has 0 aromatic rings. The standard InChI is InChI=1S/C18H35N5O.HI/c1-4-17(24)23-11-8-16(14-23)21-18(19-3)20-12-15(2)13-22-9-6-5-7-10-22;/h15-16H,4-14H2,1-3H3,(H2,19,20,21);1H. The number of nitrogens with zero attached hydrogens (tertiary/aromatic N) is 3. The van der Waals surface area contributed by atoms with Crippen LogP contribution in [0.4, 0.5) is 0 Å². The molecule has 2 N–H and O–H groups in total. The monoisotopic (exact) mass is 465 g/mol. The lowest BCUT2D eigenvalue weighted by Gasteiger charge is -2.29. The summed E-state index contributed by atoms with van der Waals surface area (Å²) in [6.45, 7) is 10.5. The highest BCUT2D eigenvalue weighted by atomic mass is 127. The highest BCUT2D eigenvalue weighted by Gasteiger charge is 2.25. The van der Waals surface area contributed by atoms with Gasteiger partial charge in [-0.3, -0.25) is 9.79 Å². The lowest BCUT2D eigenvalue weighted by Crippen LogP contribution is -2.47. The largest absolute Gasteiger partial charge is 0.356 e. The molecule has 7 heteroatoms. The summed E-state index contributed by atoms with van der Waals surface area (Å²) < 4.78 is 0. The Hall–Kier alpha value is -0.570. The van der Waals surface area contributed by atoms with Gasteiger partial charge in [0.25, 0.3) is 0 Å². The Morgan fingerprint density at radius 1 is 1.24 bits per heavy atom. The van der Waals surface area contributed by atoms with Crippen LogP contribution in [0, 0.1) is 5.92 Å². The van der Waals surface area contributed by atoms with Crippen LogP contribution >= 0.6 is 24.0 Å². The lowest BCUT2D eigenvalue weighted by molar-refractivity contribution is -0.129. The molecule has 2 atom stereocenters. The summed E-state index contributed by atoms with van der Waals surface area (Å²) >= 11 is 0. The molecule has 0 aliphatic carbocycles. The predicted octanol–water partition coefficient (Wildman–Crippen LogP) is 1.90. The minimum atomic E-state index is 0. The van der Waals surface area contributed by atoms with Gasteiger partial charge in [0.1, 0.15) is 0 Å². The molecule has 2 rings (SSSR count). The molecular formula is C18H36IN5O. The summed E-state index contributed by atoms with van der Waals surface area (Å²) in [6.07, 6.45) is 5.66. The van der Waals surface area contributed by atoms with Crippen LogP contribution in [0.3, 0.4) is 0 Å². The first kappa shape index (κ1) is 22.5. The average molecular weight is 465 g/mol. The zero-order valence-electron chi connectivity index (χ0n) is 16.1. The quantitative estimate of drug-likeness (QED) is 0.358. The summed E-state index contributed by atoms with van der Waals surface area (Å²) in [4.78, 5) is 20.6. The van der Waals surface area contributed by atoms with Crippen molar-refractivity contribution in [3.05, 3.63) is 0 Å². The Kier molecular flexibility index (Phi) is 10.7. The van der Waals surface area contributed by atoms with Crippen LogP contribution in [0.15, 0.2) is 4.99 Å². The molecule has 146 valence electrons. The van der Waals surface area contributed by atoms with Crippen molar-refractivity contribution in [2.24, 2.45) is 10.9 Å². The molecule has 2 heterocycles. The van der Waals surface area contributed by atoms with E-state index in [2.05, 4.69) is 27.4 Å². The Labute approximate surface area is 170 Å². The number of rotatable bonds is 6. The minimum Gasteiger partial charge on any atom is -0.356 e. The SMILES string of the molecule is CCC(=O)N1CCC(NC(=NC)NCC(C)CN2CCCCC2)C1.I. The first-order valence-electron chi connectivity index (χ1n) is 9.59. The second-order valence-corrected chi connectivity index (χ2v) is 7.24. The van der Waals surface area contributed by atoms with Crippen LogP contribution in [-0.4, -0.2) is 74.0 Å². The van der Waals surface area contributed by atoms with Gasteiger partial charge in [-0.25, -0.2) is 0 Å². The van der Waals surface area contributed by atoms with Crippen LogP contribution in [0.1, 0.15) is 46.0 Å². The zero-order chi connectivity index (χ0) is 17.4. The molecule has 0 radical (unpaired) electrons. The Morgan fingerprint density at radius 3 is 2.60 bits per heavy atom. The highest BCUT2D eigenvalue weighted by Crippen LogP contribution is 2.11. The lowest BCUT2D eigenvalue weighted by atomic mass is 10.1. The maximum absolute atomic E-state index is 11.8. The number of amides is 1. The van der Waals surface area contributed by atoms with Crippen molar-refractivity contribution >= 4 is 35.8 Å². The number of guanidine groups is 1. The fraction of sp³-hybridized carbons (Fsp3) is 0.889. The van der Waals surface area contributed by atoms with Crippen molar-refractivity contribution in [3.8, 4) is 0 Å². The summed E-state index contributed by atoms with van der Waals surface area (Å²) in [6, 6.07) is 0.309. The number of nitrogens with one attached hydrogen (secondary N) is 2. The van der Waals surface area contributed by atoms with E-state index in [-0.39, 0.29) is 29.9 Å². The van der Waals surface area contributed by atoms with Crippen molar-refractivity contribution in [1.82, 2.24) is 20.4 Å². The van der Waals surface area contributed by atoms with E-state index in [4.69, 9.17) is 0 Å². The van der Waals surface area contributed by atoms with Gasteiger partial charge in [-0.2, -0.15) is 0 Å². The van der Waals surface area contributed by atoms with E-state index >= 15 is 0 Å². The topological polar surface area (TPSA) is 60.0 Å². The molecule has 0 saturated carbocycles. The van der Waals surface area contributed by atoms with Gasteiger partial charge >= 0.3 is 0 Å². The third-order valence-electron chi connectivity index (χ3n) is 5.04. The molecule has 2 fully saturated rings. The number of carbonyl (C=O) groups excluding carboxylic acids is 1. The van der Waals surface area contributed by atoms with E-state index in [1.807, 2.05) is 18.9 Å². The molecule has 6 nitrogen and oxygen atoms in total. The van der Waals surface area contributed by atoms with E-state index < -0.39 is 0 Å². The normalized spacial score (nSPS) is 23.1. The van der Waals surface area contributed by atoms with Crippen molar-refractivity contribution in [2.45, 2.75) is 52.0 Å². The summed E-state index contributed by atoms with van der Waals surface area (Å²) in [5.74, 6) is 1.71. The molecule has 2 unspecified atom stereocenters. The number of carbonyl (C=O) groups is 1. The van der Waals surface area contributed by atoms with Gasteiger partial charge in [-0.1, -0.05) is 20.3 Å². The smallest absolute Gasteiger partial charge is 0.222 e. The molecule has 2 aliphatic rings. The predicted molar refractivity (Wildman–Crippen MR) is 115 cm³/mol. The van der Waals surface area contributed by atoms with Gasteiger partial charge in [0.2, 0.25) is 5.91 Å². The molecule has 0 spiro atoms. The van der Waals surface area contributed by atoms with Gasteiger partial charge in [-0.05, 0) is 38.3 Å². The Balaban J connectivity index is 0.00000312. The van der Waals surface area contributed by atoms with Crippen molar-refractivity contribution in [2.75, 3.05) is 46.3 Å². The van der Waals surface area contributed by atoms with Crippen LogP contribution < -0.4 is 10.6 Å². The van der Waals surface area contributed by atoms with E-state index in [1.54, 1.807) is 0 Å². The Morgan fingerprint density at radius 2 is 1.96 bits per heavy atom. The van der Waals surface area contributed by atoms with Crippen LogP contribution in [0.5, 0.6) is 0 Å². The van der Waals surface area contributed by atoms with Crippen LogP contribution in [-0.2, 0) is 4.79 Å². The average Bonchev–Trinajstić information content (AvgIpc) is 3.07. The van der Waals surface area contributed by atoms with Crippen LogP contribution in [0.25, 0.3) is 0 Å². The zero-order valence-corrected chi connectivity index (χ0v) is 18.4. The molecule has 2 aliphatic heterocycles. The molecule has 25 heavy (non-hydrogen) atoms. The summed E-state index contributed by atoms with van der Waals surface area (Å²) in [5.41, 5.74) is 0. The molecular weight excluding hydrogens is 429 g/mol. The van der Waals surface area contributed by atoms with E-state index in [1.165, 1.54) is 32.4 Å². The third kappa shape index (κ3) is 7.68. The van der Waals surface area contributed by atoms with Gasteiger partial charge in [0, 0.05) is 45.7 Å². The molecule has 0 bridgehead atoms. The maximum Gasteiger partial charge on any atom is 0.222 e. The number of hydrogen-bond donors (Lipinski definition) is 2. The highest BCUT2D eigenvalue weighted by molar-refractivity contribution is 14.0. The fourth-order valence-electron chi connectivity index (χ4n) is 3.63. The second kappa shape index (κ2) is 11.9. The number of likely N-dealkylation sites (tertiary alicyclic amines) is 2. The van der Waals surface area contributed by atoms with Gasteiger partial charge in [0.15, 0.2) is 5.96 Å². The van der Waals surface area contributed by atoms with E-state index in [0.717, 1.165) is 38.6 Å². The molecule has 2 saturated heterocycles. The maximum atomic E-state index is 11.8. The van der Waals surface area contributed by atoms with Gasteiger partial charge < -0.3 is 20.4 Å². The number of halogens is 1. The summed E-state index contributed by atoms with van der Waals surface area (Å²) in [5, 5.41) is 6.92. The van der Waals surface area contributed by atoms with Crippen molar-refractivity contribution < 1.29 is 4.79 Å². The number of aliphatic imine (C=N–C) groups is 1. The van der Waals surface area contributed by atoms with E-state index in [9.17, 15) is 4.79 Å². The van der Waals surface area contributed by atoms with Crippen LogP contribution in [0.2, 0.25) is 0 Å². The minimum absolute atomic E-state index is 0. The second-order valence-electron chi connectivity index (χ2n) is 7.24. The number of hydrogen-bond acceptors (Lipinski definition) is 3. The number of piperidine rings is 1. The first-order valence-corrected chi connectivity index (χ1v) is 9.59.